The van der Waals surface area contributed by atoms with Gasteiger partial charge in [-0.1, -0.05) is 19.9 Å². The van der Waals surface area contributed by atoms with E-state index in [9.17, 15) is 19.2 Å². The zero-order valence-electron chi connectivity index (χ0n) is 17.9. The van der Waals surface area contributed by atoms with Gasteiger partial charge in [0.15, 0.2) is 0 Å². The number of imide groups is 1. The average Bonchev–Trinajstić information content (AvgIpc) is 2.72. The Morgan fingerprint density at radius 2 is 1.87 bits per heavy atom. The molecule has 0 saturated carbocycles. The molecular weight excluding hydrogens is 384 g/mol. The third kappa shape index (κ3) is 4.98. The summed E-state index contributed by atoms with van der Waals surface area (Å²) in [5, 5.41) is 5.30. The van der Waals surface area contributed by atoms with Gasteiger partial charge in [0.1, 0.15) is 0 Å². The number of carbonyl (C=O) groups is 4. The number of nitrogens with one attached hydrogen (secondary N) is 2. The molecule has 162 valence electrons. The topological polar surface area (TPSA) is 98.8 Å². The Kier molecular flexibility index (Phi) is 6.74. The van der Waals surface area contributed by atoms with E-state index in [0.29, 0.717) is 30.3 Å². The van der Waals surface area contributed by atoms with Crippen molar-refractivity contribution in [2.75, 3.05) is 31.1 Å². The molecule has 1 aromatic carbocycles. The maximum atomic E-state index is 12.7. The average molecular weight is 415 g/mol. The molecule has 0 atom stereocenters. The zero-order chi connectivity index (χ0) is 21.8. The normalized spacial score (nSPS) is 17.9. The Labute approximate surface area is 177 Å². The predicted octanol–water partition coefficient (Wildman–Crippen LogP) is 2.07. The van der Waals surface area contributed by atoms with Crippen LogP contribution in [0.2, 0.25) is 0 Å². The molecule has 30 heavy (non-hydrogen) atoms. The van der Waals surface area contributed by atoms with Crippen LogP contribution in [0.15, 0.2) is 18.2 Å². The van der Waals surface area contributed by atoms with Crippen molar-refractivity contribution < 1.29 is 19.2 Å². The molecule has 1 aromatic rings. The van der Waals surface area contributed by atoms with Crippen LogP contribution >= 0.6 is 0 Å². The number of aryl methyl sites for hydroxylation is 1. The van der Waals surface area contributed by atoms with E-state index in [1.807, 2.05) is 31.7 Å². The lowest BCUT2D eigenvalue weighted by molar-refractivity contribution is -0.135. The first-order valence-electron chi connectivity index (χ1n) is 10.5. The van der Waals surface area contributed by atoms with Crippen molar-refractivity contribution in [3.05, 3.63) is 29.3 Å². The SMILES string of the molecule is Cc1ccc(C(=O)NCC2CCN(C(=O)C(C)C)CC2)cc1N1CCC(=O)NC1=O. The van der Waals surface area contributed by atoms with E-state index in [1.54, 1.807) is 12.1 Å². The number of nitrogens with zero attached hydrogens (tertiary/aromatic N) is 2. The molecular formula is C22H30N4O4. The molecule has 8 heteroatoms. The summed E-state index contributed by atoms with van der Waals surface area (Å²) in [5.41, 5.74) is 1.97. The highest BCUT2D eigenvalue weighted by atomic mass is 16.2. The van der Waals surface area contributed by atoms with Crippen molar-refractivity contribution in [2.24, 2.45) is 11.8 Å². The third-order valence-corrected chi connectivity index (χ3v) is 5.79. The smallest absolute Gasteiger partial charge is 0.328 e. The van der Waals surface area contributed by atoms with E-state index in [2.05, 4.69) is 10.6 Å². The van der Waals surface area contributed by atoms with Gasteiger partial charge < -0.3 is 10.2 Å². The summed E-state index contributed by atoms with van der Waals surface area (Å²) in [6.45, 7) is 8.01. The first-order valence-corrected chi connectivity index (χ1v) is 10.5. The van der Waals surface area contributed by atoms with Crippen LogP contribution < -0.4 is 15.5 Å². The number of anilines is 1. The van der Waals surface area contributed by atoms with Crippen LogP contribution in [-0.4, -0.2) is 54.8 Å². The molecule has 3 rings (SSSR count). The van der Waals surface area contributed by atoms with Crippen LogP contribution in [0.3, 0.4) is 0 Å². The van der Waals surface area contributed by atoms with E-state index in [4.69, 9.17) is 0 Å². The van der Waals surface area contributed by atoms with Gasteiger partial charge in [-0.25, -0.2) is 4.79 Å². The van der Waals surface area contributed by atoms with E-state index >= 15 is 0 Å². The van der Waals surface area contributed by atoms with Gasteiger partial charge in [-0.3, -0.25) is 24.6 Å². The van der Waals surface area contributed by atoms with Crippen molar-refractivity contribution in [1.82, 2.24) is 15.5 Å². The molecule has 2 saturated heterocycles. The van der Waals surface area contributed by atoms with E-state index in [-0.39, 0.29) is 30.1 Å². The molecule has 2 N–H and O–H groups in total. The number of urea groups is 1. The first-order chi connectivity index (χ1) is 14.3. The zero-order valence-corrected chi connectivity index (χ0v) is 17.9. The van der Waals surface area contributed by atoms with Gasteiger partial charge in [0, 0.05) is 49.8 Å². The maximum Gasteiger partial charge on any atom is 0.328 e. The number of benzene rings is 1. The maximum absolute atomic E-state index is 12.7. The molecule has 0 aromatic heterocycles. The summed E-state index contributed by atoms with van der Waals surface area (Å²) in [7, 11) is 0. The largest absolute Gasteiger partial charge is 0.352 e. The lowest BCUT2D eigenvalue weighted by atomic mass is 9.95. The molecule has 2 aliphatic heterocycles. The number of hydrogen-bond acceptors (Lipinski definition) is 4. The molecule has 2 aliphatic rings. The Hall–Kier alpha value is -2.90. The highest BCUT2D eigenvalue weighted by molar-refractivity contribution is 6.06. The van der Waals surface area contributed by atoms with Crippen molar-refractivity contribution in [1.29, 1.82) is 0 Å². The summed E-state index contributed by atoms with van der Waals surface area (Å²) in [6.07, 6.45) is 1.99. The van der Waals surface area contributed by atoms with Crippen molar-refractivity contribution >= 4 is 29.4 Å². The third-order valence-electron chi connectivity index (χ3n) is 5.79. The van der Waals surface area contributed by atoms with E-state index < -0.39 is 6.03 Å². The van der Waals surface area contributed by atoms with Crippen LogP contribution in [0, 0.1) is 18.8 Å². The minimum atomic E-state index is -0.463. The monoisotopic (exact) mass is 414 g/mol. The number of rotatable bonds is 5. The van der Waals surface area contributed by atoms with Gasteiger partial charge in [0.25, 0.3) is 5.91 Å². The fourth-order valence-corrected chi connectivity index (χ4v) is 3.90. The second kappa shape index (κ2) is 9.28. The van der Waals surface area contributed by atoms with Crippen molar-refractivity contribution in [3.8, 4) is 0 Å². The van der Waals surface area contributed by atoms with Crippen LogP contribution in [-0.2, 0) is 9.59 Å². The number of piperidine rings is 1. The minimum Gasteiger partial charge on any atom is -0.352 e. The van der Waals surface area contributed by atoms with Gasteiger partial charge >= 0.3 is 6.03 Å². The van der Waals surface area contributed by atoms with Crippen LogP contribution in [0.4, 0.5) is 10.5 Å². The Balaban J connectivity index is 1.57. The summed E-state index contributed by atoms with van der Waals surface area (Å²) >= 11 is 0. The summed E-state index contributed by atoms with van der Waals surface area (Å²) in [6, 6.07) is 4.79. The van der Waals surface area contributed by atoms with Gasteiger partial charge in [-0.2, -0.15) is 0 Å². The fraction of sp³-hybridized carbons (Fsp3) is 0.545. The first kappa shape index (κ1) is 21.8. The Morgan fingerprint density at radius 3 is 2.50 bits per heavy atom. The molecule has 2 fully saturated rings. The molecule has 0 bridgehead atoms. The van der Waals surface area contributed by atoms with Gasteiger partial charge in [0.2, 0.25) is 11.8 Å². The molecule has 0 spiro atoms. The number of amides is 5. The van der Waals surface area contributed by atoms with Gasteiger partial charge in [-0.05, 0) is 43.4 Å². The lowest BCUT2D eigenvalue weighted by Gasteiger charge is -2.33. The quantitative estimate of drug-likeness (QED) is 0.770. The predicted molar refractivity (Wildman–Crippen MR) is 113 cm³/mol. The van der Waals surface area contributed by atoms with Crippen LogP contribution in [0.5, 0.6) is 0 Å². The lowest BCUT2D eigenvalue weighted by Crippen LogP contribution is -2.49. The molecule has 0 radical (unpaired) electrons. The summed E-state index contributed by atoms with van der Waals surface area (Å²) in [5.74, 6) is 0.0635. The van der Waals surface area contributed by atoms with E-state index in [0.717, 1.165) is 31.5 Å². The fourth-order valence-electron chi connectivity index (χ4n) is 3.90. The molecule has 0 unspecified atom stereocenters. The standard InChI is InChI=1S/C22H30N4O4/c1-14(2)21(29)25-9-6-16(7-10-25)13-23-20(28)17-5-4-15(3)18(12-17)26-11-8-19(27)24-22(26)30/h4-5,12,14,16H,6-11,13H2,1-3H3,(H,23,28)(H,24,27,30). The highest BCUT2D eigenvalue weighted by Crippen LogP contribution is 2.24. The summed E-state index contributed by atoms with van der Waals surface area (Å²) in [4.78, 5) is 51.7. The van der Waals surface area contributed by atoms with Gasteiger partial charge in [0.05, 0.1) is 0 Å². The second-order valence-electron chi connectivity index (χ2n) is 8.39. The Bertz CT molecular complexity index is 844. The van der Waals surface area contributed by atoms with Gasteiger partial charge in [-0.15, -0.1) is 0 Å². The number of carbonyl (C=O) groups excluding carboxylic acids is 4. The minimum absolute atomic E-state index is 0.0112. The van der Waals surface area contributed by atoms with Crippen LogP contribution in [0.1, 0.15) is 49.0 Å². The molecule has 5 amide bonds. The molecule has 0 aliphatic carbocycles. The number of likely N-dealkylation sites (tertiary alicyclic amines) is 1. The number of hydrogen-bond donors (Lipinski definition) is 2. The Morgan fingerprint density at radius 1 is 1.17 bits per heavy atom. The van der Waals surface area contributed by atoms with E-state index in [1.165, 1.54) is 4.90 Å². The van der Waals surface area contributed by atoms with Crippen LogP contribution in [0.25, 0.3) is 0 Å². The highest BCUT2D eigenvalue weighted by Gasteiger charge is 2.27. The second-order valence-corrected chi connectivity index (χ2v) is 8.39. The molecule has 2 heterocycles. The molecule has 8 nitrogen and oxygen atoms in total. The van der Waals surface area contributed by atoms with Crippen molar-refractivity contribution in [3.63, 3.8) is 0 Å². The summed E-state index contributed by atoms with van der Waals surface area (Å²) < 4.78 is 0. The van der Waals surface area contributed by atoms with Crippen molar-refractivity contribution in [2.45, 2.75) is 40.0 Å².